The molecule has 0 aromatic heterocycles. The molecule has 1 saturated heterocycles. The molecule has 0 aromatic rings. The molecule has 17 heavy (non-hydrogen) atoms. The molecule has 0 atom stereocenters. The fraction of sp³-hybridized carbons (Fsp3) is 1.00. The zero-order valence-electron chi connectivity index (χ0n) is 11.7. The van der Waals surface area contributed by atoms with Gasteiger partial charge in [-0.1, -0.05) is 26.7 Å². The Morgan fingerprint density at radius 3 is 2.29 bits per heavy atom. The van der Waals surface area contributed by atoms with Gasteiger partial charge in [0.25, 0.3) is 0 Å². The molecule has 2 aliphatic rings. The fourth-order valence-electron chi connectivity index (χ4n) is 3.60. The molecule has 0 amide bonds. The van der Waals surface area contributed by atoms with Crippen molar-refractivity contribution in [3.8, 4) is 0 Å². The number of nitrogens with zero attached hydrogens (tertiary/aromatic N) is 1. The third kappa shape index (κ3) is 3.45. The van der Waals surface area contributed by atoms with Gasteiger partial charge in [-0.25, -0.2) is 0 Å². The van der Waals surface area contributed by atoms with Crippen LogP contribution in [0.1, 0.15) is 58.8 Å². The standard InChI is InChI=1S/C15H29NO/c1-14(2)6-5-10-16(11-9-14)12-15(13-17)7-3-4-8-15/h17H,3-13H2,1-2H3. The summed E-state index contributed by atoms with van der Waals surface area (Å²) in [5.74, 6) is 0. The summed E-state index contributed by atoms with van der Waals surface area (Å²) >= 11 is 0. The Hall–Kier alpha value is -0.0800. The van der Waals surface area contributed by atoms with E-state index in [1.165, 1.54) is 58.0 Å². The maximum absolute atomic E-state index is 9.69. The van der Waals surface area contributed by atoms with Crippen LogP contribution in [0.2, 0.25) is 0 Å². The predicted octanol–water partition coefficient (Wildman–Crippen LogP) is 3.05. The third-order valence-electron chi connectivity index (χ3n) is 4.99. The highest BCUT2D eigenvalue weighted by molar-refractivity contribution is 4.88. The van der Waals surface area contributed by atoms with Crippen molar-refractivity contribution in [1.82, 2.24) is 4.90 Å². The second-order valence-corrected chi connectivity index (χ2v) is 7.16. The first-order valence-electron chi connectivity index (χ1n) is 7.39. The molecule has 2 heteroatoms. The van der Waals surface area contributed by atoms with Crippen LogP contribution < -0.4 is 0 Å². The first-order valence-corrected chi connectivity index (χ1v) is 7.39. The van der Waals surface area contributed by atoms with E-state index in [4.69, 9.17) is 0 Å². The smallest absolute Gasteiger partial charge is 0.0499 e. The number of likely N-dealkylation sites (tertiary alicyclic amines) is 1. The van der Waals surface area contributed by atoms with Gasteiger partial charge < -0.3 is 10.0 Å². The van der Waals surface area contributed by atoms with Crippen LogP contribution in [0.5, 0.6) is 0 Å². The Morgan fingerprint density at radius 1 is 0.941 bits per heavy atom. The highest BCUT2D eigenvalue weighted by Crippen LogP contribution is 2.39. The van der Waals surface area contributed by atoms with E-state index >= 15 is 0 Å². The highest BCUT2D eigenvalue weighted by Gasteiger charge is 2.35. The molecule has 0 bridgehead atoms. The van der Waals surface area contributed by atoms with Crippen molar-refractivity contribution in [2.24, 2.45) is 10.8 Å². The summed E-state index contributed by atoms with van der Waals surface area (Å²) in [7, 11) is 0. The van der Waals surface area contributed by atoms with Crippen molar-refractivity contribution in [3.05, 3.63) is 0 Å². The van der Waals surface area contributed by atoms with E-state index in [1.807, 2.05) is 0 Å². The maximum atomic E-state index is 9.69. The molecular formula is C15H29NO. The van der Waals surface area contributed by atoms with E-state index in [1.54, 1.807) is 0 Å². The first kappa shape index (κ1) is 13.4. The number of hydrogen-bond acceptors (Lipinski definition) is 2. The van der Waals surface area contributed by atoms with Gasteiger partial charge in [0, 0.05) is 18.6 Å². The fourth-order valence-corrected chi connectivity index (χ4v) is 3.60. The minimum absolute atomic E-state index is 0.245. The summed E-state index contributed by atoms with van der Waals surface area (Å²) in [6.07, 6.45) is 9.12. The molecule has 100 valence electrons. The average molecular weight is 239 g/mol. The zero-order valence-corrected chi connectivity index (χ0v) is 11.7. The second kappa shape index (κ2) is 5.27. The van der Waals surface area contributed by atoms with Crippen molar-refractivity contribution < 1.29 is 5.11 Å². The Kier molecular flexibility index (Phi) is 4.14. The SMILES string of the molecule is CC1(C)CCCN(CC2(CO)CCCC2)CC1. The van der Waals surface area contributed by atoms with Crippen LogP contribution in [-0.2, 0) is 0 Å². The molecule has 1 aliphatic carbocycles. The van der Waals surface area contributed by atoms with Gasteiger partial charge >= 0.3 is 0 Å². The largest absolute Gasteiger partial charge is 0.396 e. The number of aliphatic hydroxyl groups is 1. The number of hydrogen-bond donors (Lipinski definition) is 1. The molecule has 2 fully saturated rings. The van der Waals surface area contributed by atoms with Crippen LogP contribution in [0.25, 0.3) is 0 Å². The van der Waals surface area contributed by atoms with Gasteiger partial charge in [0.05, 0.1) is 0 Å². The van der Waals surface area contributed by atoms with Crippen LogP contribution in [-0.4, -0.2) is 36.2 Å². The van der Waals surface area contributed by atoms with Gasteiger partial charge in [0.2, 0.25) is 0 Å². The molecule has 2 nitrogen and oxygen atoms in total. The van der Waals surface area contributed by atoms with E-state index < -0.39 is 0 Å². The maximum Gasteiger partial charge on any atom is 0.0499 e. The molecule has 1 N–H and O–H groups in total. The highest BCUT2D eigenvalue weighted by atomic mass is 16.3. The van der Waals surface area contributed by atoms with Crippen LogP contribution in [0.15, 0.2) is 0 Å². The Morgan fingerprint density at radius 2 is 1.65 bits per heavy atom. The summed E-state index contributed by atoms with van der Waals surface area (Å²) in [6, 6.07) is 0. The predicted molar refractivity (Wildman–Crippen MR) is 72.1 cm³/mol. The van der Waals surface area contributed by atoms with Crippen molar-refractivity contribution >= 4 is 0 Å². The van der Waals surface area contributed by atoms with Crippen molar-refractivity contribution in [2.75, 3.05) is 26.2 Å². The van der Waals surface area contributed by atoms with Gasteiger partial charge in [-0.3, -0.25) is 0 Å². The summed E-state index contributed by atoms with van der Waals surface area (Å²) < 4.78 is 0. The lowest BCUT2D eigenvalue weighted by Crippen LogP contribution is -2.39. The Balaban J connectivity index is 1.90. The van der Waals surface area contributed by atoms with E-state index in [0.717, 1.165) is 6.54 Å². The molecule has 2 rings (SSSR count). The van der Waals surface area contributed by atoms with E-state index in [0.29, 0.717) is 12.0 Å². The lowest BCUT2D eigenvalue weighted by Gasteiger charge is -2.33. The second-order valence-electron chi connectivity index (χ2n) is 7.16. The summed E-state index contributed by atoms with van der Waals surface area (Å²) in [4.78, 5) is 2.62. The van der Waals surface area contributed by atoms with E-state index in [-0.39, 0.29) is 5.41 Å². The van der Waals surface area contributed by atoms with Crippen molar-refractivity contribution in [2.45, 2.75) is 58.8 Å². The van der Waals surface area contributed by atoms with Gasteiger partial charge in [-0.15, -0.1) is 0 Å². The van der Waals surface area contributed by atoms with Gasteiger partial charge in [-0.2, -0.15) is 0 Å². The molecule has 1 saturated carbocycles. The number of aliphatic hydroxyl groups excluding tert-OH is 1. The first-order chi connectivity index (χ1) is 8.05. The minimum atomic E-state index is 0.245. The molecule has 0 spiro atoms. The van der Waals surface area contributed by atoms with E-state index in [9.17, 15) is 5.11 Å². The van der Waals surface area contributed by atoms with Gasteiger partial charge in [0.1, 0.15) is 0 Å². The van der Waals surface area contributed by atoms with Crippen LogP contribution in [0.4, 0.5) is 0 Å². The molecule has 0 radical (unpaired) electrons. The molecule has 0 unspecified atom stereocenters. The lowest BCUT2D eigenvalue weighted by molar-refractivity contribution is 0.0785. The van der Waals surface area contributed by atoms with Gasteiger partial charge in [-0.05, 0) is 50.6 Å². The average Bonchev–Trinajstić information content (AvgIpc) is 2.68. The topological polar surface area (TPSA) is 23.5 Å². The minimum Gasteiger partial charge on any atom is -0.396 e. The quantitative estimate of drug-likeness (QED) is 0.818. The van der Waals surface area contributed by atoms with Crippen molar-refractivity contribution in [1.29, 1.82) is 0 Å². The summed E-state index contributed by atoms with van der Waals surface area (Å²) in [6.45, 7) is 8.80. The Labute approximate surface area is 106 Å². The Bertz CT molecular complexity index is 243. The lowest BCUT2D eigenvalue weighted by atomic mass is 9.85. The van der Waals surface area contributed by atoms with Crippen molar-refractivity contribution in [3.63, 3.8) is 0 Å². The van der Waals surface area contributed by atoms with E-state index in [2.05, 4.69) is 18.7 Å². The summed E-state index contributed by atoms with van der Waals surface area (Å²) in [5, 5.41) is 9.69. The normalized spacial score (nSPS) is 29.1. The molecule has 1 heterocycles. The monoisotopic (exact) mass is 239 g/mol. The molecule has 0 aromatic carbocycles. The van der Waals surface area contributed by atoms with Crippen LogP contribution >= 0.6 is 0 Å². The third-order valence-corrected chi connectivity index (χ3v) is 4.99. The van der Waals surface area contributed by atoms with Gasteiger partial charge in [0.15, 0.2) is 0 Å². The zero-order chi connectivity index (χ0) is 12.4. The molecule has 1 aliphatic heterocycles. The van der Waals surface area contributed by atoms with Crippen LogP contribution in [0.3, 0.4) is 0 Å². The summed E-state index contributed by atoms with van der Waals surface area (Å²) in [5.41, 5.74) is 0.769. The molecular weight excluding hydrogens is 210 g/mol. The van der Waals surface area contributed by atoms with Crippen LogP contribution in [0, 0.1) is 10.8 Å². The number of rotatable bonds is 3.